The van der Waals surface area contributed by atoms with E-state index in [0.717, 1.165) is 0 Å². The molecule has 2 aliphatic heterocycles. The van der Waals surface area contributed by atoms with E-state index in [9.17, 15) is 19.8 Å². The van der Waals surface area contributed by atoms with E-state index in [4.69, 9.17) is 9.84 Å². The molecule has 3 amide bonds. The summed E-state index contributed by atoms with van der Waals surface area (Å²) in [7, 11) is 0. The van der Waals surface area contributed by atoms with E-state index >= 15 is 0 Å². The van der Waals surface area contributed by atoms with Gasteiger partial charge in [0.1, 0.15) is 18.3 Å². The minimum atomic E-state index is -1.98. The number of carbonyl (C=O) groups excluding carboxylic acids is 2. The molecule has 2 saturated heterocycles. The maximum absolute atomic E-state index is 11.4. The molecule has 15 heavy (non-hydrogen) atoms. The molecule has 0 radical (unpaired) electrons. The van der Waals surface area contributed by atoms with Crippen molar-refractivity contribution in [3.8, 4) is 0 Å². The Morgan fingerprint density at radius 1 is 1.40 bits per heavy atom. The maximum Gasteiger partial charge on any atom is 0.324 e. The van der Waals surface area contributed by atoms with E-state index in [1.165, 1.54) is 0 Å². The van der Waals surface area contributed by atoms with E-state index in [2.05, 4.69) is 5.32 Å². The number of carbonyl (C=O) groups is 2. The van der Waals surface area contributed by atoms with Gasteiger partial charge in [0.05, 0.1) is 6.61 Å². The average Bonchev–Trinajstić information content (AvgIpc) is 2.60. The second-order valence-corrected chi connectivity index (χ2v) is 3.42. The van der Waals surface area contributed by atoms with E-state index < -0.39 is 42.6 Å². The fourth-order valence-electron chi connectivity index (χ4n) is 1.71. The molecule has 8 heteroatoms. The van der Waals surface area contributed by atoms with Crippen LogP contribution < -0.4 is 10.6 Å². The van der Waals surface area contributed by atoms with Crippen molar-refractivity contribution in [1.29, 1.82) is 0 Å². The predicted molar refractivity (Wildman–Crippen MR) is 43.4 cm³/mol. The fourth-order valence-corrected chi connectivity index (χ4v) is 1.71. The van der Waals surface area contributed by atoms with Crippen molar-refractivity contribution in [2.75, 3.05) is 6.61 Å². The first-order chi connectivity index (χ1) is 7.01. The molecule has 5 N–H and O–H groups in total. The molecule has 2 rings (SSSR count). The fraction of sp³-hybridized carbons (Fsp3) is 0.714. The van der Waals surface area contributed by atoms with Gasteiger partial charge in [-0.25, -0.2) is 4.79 Å². The summed E-state index contributed by atoms with van der Waals surface area (Å²) in [6.45, 7) is -0.566. The molecule has 2 fully saturated rings. The van der Waals surface area contributed by atoms with Gasteiger partial charge in [0, 0.05) is 0 Å². The smallest absolute Gasteiger partial charge is 0.324 e. The first-order valence-electron chi connectivity index (χ1n) is 4.29. The molecule has 8 nitrogen and oxygen atoms in total. The maximum atomic E-state index is 11.4. The van der Waals surface area contributed by atoms with E-state index in [1.807, 2.05) is 5.32 Å². The van der Waals surface area contributed by atoms with Crippen LogP contribution in [-0.4, -0.2) is 57.9 Å². The minimum absolute atomic E-state index is 0.566. The first kappa shape index (κ1) is 10.3. The molecular formula is C7H10N2O6. The van der Waals surface area contributed by atoms with Gasteiger partial charge in [0.25, 0.3) is 11.6 Å². The summed E-state index contributed by atoms with van der Waals surface area (Å²) in [6, 6.07) is -0.815. The number of urea groups is 1. The Morgan fingerprint density at radius 3 is 2.47 bits per heavy atom. The van der Waals surface area contributed by atoms with Crippen LogP contribution in [0.15, 0.2) is 0 Å². The highest BCUT2D eigenvalue weighted by Gasteiger charge is 2.63. The Balaban J connectivity index is 2.30. The number of hydrogen-bond acceptors (Lipinski definition) is 6. The van der Waals surface area contributed by atoms with Gasteiger partial charge in [0.15, 0.2) is 0 Å². The van der Waals surface area contributed by atoms with Crippen molar-refractivity contribution in [1.82, 2.24) is 10.6 Å². The highest BCUT2D eigenvalue weighted by Crippen LogP contribution is 2.31. The van der Waals surface area contributed by atoms with Crippen molar-refractivity contribution >= 4 is 11.9 Å². The second-order valence-electron chi connectivity index (χ2n) is 3.42. The molecule has 2 aliphatic rings. The van der Waals surface area contributed by atoms with Crippen LogP contribution in [0, 0.1) is 0 Å². The third-order valence-electron chi connectivity index (χ3n) is 2.50. The van der Waals surface area contributed by atoms with Gasteiger partial charge < -0.3 is 20.1 Å². The Hall–Kier alpha value is -1.22. The quantitative estimate of drug-likeness (QED) is 0.292. The summed E-state index contributed by atoms with van der Waals surface area (Å²) in [4.78, 5) is 22.2. The van der Waals surface area contributed by atoms with Gasteiger partial charge in [0.2, 0.25) is 0 Å². The summed E-state index contributed by atoms with van der Waals surface area (Å²) < 4.78 is 4.97. The number of ether oxygens (including phenoxy) is 1. The molecular weight excluding hydrogens is 208 g/mol. The van der Waals surface area contributed by atoms with Crippen LogP contribution in [0.3, 0.4) is 0 Å². The molecule has 4 atom stereocenters. The standard InChI is InChI=1S/C7H10N2O6/c10-1-2-3(11)4(12)7(15-2)5(13)8-6(14)9-7/h2-4,10-12H,1H2,(H2,8,9,13,14)/t2-,3-,4-,7+/m1/s1. The van der Waals surface area contributed by atoms with Crippen LogP contribution in [-0.2, 0) is 9.53 Å². The zero-order valence-electron chi connectivity index (χ0n) is 7.51. The number of imide groups is 1. The van der Waals surface area contributed by atoms with E-state index in [1.54, 1.807) is 0 Å². The first-order valence-corrected chi connectivity index (χ1v) is 4.29. The molecule has 0 aromatic carbocycles. The Bertz CT molecular complexity index is 321. The highest BCUT2D eigenvalue weighted by atomic mass is 16.6. The largest absolute Gasteiger partial charge is 0.394 e. The van der Waals surface area contributed by atoms with Crippen LogP contribution in [0.5, 0.6) is 0 Å². The van der Waals surface area contributed by atoms with Crippen LogP contribution in [0.1, 0.15) is 0 Å². The van der Waals surface area contributed by atoms with Crippen molar-refractivity contribution in [3.63, 3.8) is 0 Å². The summed E-state index contributed by atoms with van der Waals surface area (Å²) >= 11 is 0. The van der Waals surface area contributed by atoms with E-state index in [-0.39, 0.29) is 0 Å². The number of aliphatic hydroxyl groups excluding tert-OH is 3. The zero-order chi connectivity index (χ0) is 11.2. The number of nitrogens with one attached hydrogen (secondary N) is 2. The molecule has 2 heterocycles. The Morgan fingerprint density at radius 2 is 2.07 bits per heavy atom. The minimum Gasteiger partial charge on any atom is -0.394 e. The Labute approximate surface area is 83.8 Å². The van der Waals surface area contributed by atoms with Crippen LogP contribution >= 0.6 is 0 Å². The lowest BCUT2D eigenvalue weighted by Crippen LogP contribution is -2.56. The number of rotatable bonds is 1. The lowest BCUT2D eigenvalue weighted by molar-refractivity contribution is -0.153. The van der Waals surface area contributed by atoms with Gasteiger partial charge in [-0.2, -0.15) is 0 Å². The SMILES string of the molecule is O=C1NC(=O)[C@@]2(N1)O[C@H](CO)[C@@H](O)[C@H]2O. The molecule has 0 aliphatic carbocycles. The van der Waals surface area contributed by atoms with Crippen LogP contribution in [0.25, 0.3) is 0 Å². The van der Waals surface area contributed by atoms with Gasteiger partial charge in [-0.05, 0) is 0 Å². The van der Waals surface area contributed by atoms with Gasteiger partial charge in [-0.3, -0.25) is 15.4 Å². The topological polar surface area (TPSA) is 128 Å². The summed E-state index contributed by atoms with van der Waals surface area (Å²) in [5.74, 6) is -0.880. The van der Waals surface area contributed by atoms with Gasteiger partial charge in [-0.1, -0.05) is 0 Å². The molecule has 0 aromatic rings. The third kappa shape index (κ3) is 1.23. The summed E-state index contributed by atoms with van der Waals surface area (Å²) in [6.07, 6.45) is -4.15. The summed E-state index contributed by atoms with van der Waals surface area (Å²) in [5, 5.41) is 31.8. The molecule has 84 valence electrons. The molecule has 0 saturated carbocycles. The predicted octanol–water partition coefficient (Wildman–Crippen LogP) is -3.36. The molecule has 0 unspecified atom stereocenters. The van der Waals surface area contributed by atoms with Gasteiger partial charge >= 0.3 is 6.03 Å². The zero-order valence-corrected chi connectivity index (χ0v) is 7.51. The van der Waals surface area contributed by atoms with Gasteiger partial charge in [-0.15, -0.1) is 0 Å². The number of hydrogen-bond donors (Lipinski definition) is 5. The second kappa shape index (κ2) is 3.14. The number of amides is 3. The Kier molecular flexibility index (Phi) is 2.15. The van der Waals surface area contributed by atoms with Crippen molar-refractivity contribution in [2.45, 2.75) is 24.0 Å². The van der Waals surface area contributed by atoms with Crippen molar-refractivity contribution in [2.24, 2.45) is 0 Å². The van der Waals surface area contributed by atoms with Crippen molar-refractivity contribution < 1.29 is 29.6 Å². The number of aliphatic hydroxyl groups is 3. The molecule has 0 aromatic heterocycles. The normalized spacial score (nSPS) is 44.6. The third-order valence-corrected chi connectivity index (χ3v) is 2.50. The average molecular weight is 218 g/mol. The van der Waals surface area contributed by atoms with E-state index in [0.29, 0.717) is 0 Å². The lowest BCUT2D eigenvalue weighted by atomic mass is 10.0. The van der Waals surface area contributed by atoms with Crippen molar-refractivity contribution in [3.05, 3.63) is 0 Å². The summed E-state index contributed by atoms with van der Waals surface area (Å²) in [5.41, 5.74) is -1.98. The molecule has 0 bridgehead atoms. The van der Waals surface area contributed by atoms with Crippen LogP contribution in [0.2, 0.25) is 0 Å². The monoisotopic (exact) mass is 218 g/mol. The molecule has 1 spiro atoms. The lowest BCUT2D eigenvalue weighted by Gasteiger charge is -2.22. The highest BCUT2D eigenvalue weighted by molar-refractivity contribution is 6.06. The van der Waals surface area contributed by atoms with Crippen LogP contribution in [0.4, 0.5) is 4.79 Å².